The monoisotopic (exact) mass is 364 g/mol. The first kappa shape index (κ1) is 18.1. The minimum atomic E-state index is -4.37. The number of aromatic nitrogens is 1. The normalized spacial score (nSPS) is 15.1. The number of alkyl halides is 3. The molecule has 26 heavy (non-hydrogen) atoms. The molecular weight excluding hydrogens is 345 g/mol. The van der Waals surface area contributed by atoms with E-state index in [2.05, 4.69) is 9.88 Å². The van der Waals surface area contributed by atoms with Crippen molar-refractivity contribution in [2.45, 2.75) is 19.1 Å². The molecule has 2 heterocycles. The highest BCUT2D eigenvalue weighted by molar-refractivity contribution is 5.77. The van der Waals surface area contributed by atoms with Crippen LogP contribution in [-0.4, -0.2) is 31.4 Å². The van der Waals surface area contributed by atoms with Crippen LogP contribution >= 0.6 is 0 Å². The Morgan fingerprint density at radius 3 is 2.62 bits per heavy atom. The van der Waals surface area contributed by atoms with Gasteiger partial charge in [-0.1, -0.05) is 12.1 Å². The van der Waals surface area contributed by atoms with E-state index in [9.17, 15) is 13.2 Å². The fourth-order valence-electron chi connectivity index (χ4n) is 2.93. The summed E-state index contributed by atoms with van der Waals surface area (Å²) in [5.74, 6) is 0.923. The SMILES string of the molecule is COC1=CCN([C@H](C)c2ccc(OCC(F)(F)F)cn2)c2ccccc21. The first-order valence-electron chi connectivity index (χ1n) is 8.15. The maximum absolute atomic E-state index is 12.2. The quantitative estimate of drug-likeness (QED) is 0.777. The van der Waals surface area contributed by atoms with Gasteiger partial charge >= 0.3 is 6.18 Å². The second-order valence-electron chi connectivity index (χ2n) is 5.94. The average Bonchev–Trinajstić information content (AvgIpc) is 2.65. The zero-order chi connectivity index (χ0) is 18.7. The minimum absolute atomic E-state index is 0.0672. The highest BCUT2D eigenvalue weighted by atomic mass is 19.4. The molecule has 1 aromatic heterocycles. The van der Waals surface area contributed by atoms with Crippen molar-refractivity contribution in [1.82, 2.24) is 4.98 Å². The topological polar surface area (TPSA) is 34.6 Å². The van der Waals surface area contributed by atoms with Crippen LogP contribution in [0.15, 0.2) is 48.7 Å². The standard InChI is InChI=1S/C19H19F3N2O2/c1-13(16-8-7-14(11-23-16)26-12-19(20,21)22)24-10-9-18(25-2)15-5-3-4-6-17(15)24/h3-9,11,13H,10,12H2,1-2H3/t13-/m1/s1. The Hall–Kier alpha value is -2.70. The number of para-hydroxylation sites is 1. The number of ether oxygens (including phenoxy) is 2. The Balaban J connectivity index is 1.78. The van der Waals surface area contributed by atoms with Crippen molar-refractivity contribution in [1.29, 1.82) is 0 Å². The van der Waals surface area contributed by atoms with Gasteiger partial charge in [0.25, 0.3) is 0 Å². The van der Waals surface area contributed by atoms with Crippen molar-refractivity contribution in [2.24, 2.45) is 0 Å². The third-order valence-electron chi connectivity index (χ3n) is 4.23. The zero-order valence-electron chi connectivity index (χ0n) is 14.5. The number of methoxy groups -OCH3 is 1. The maximum atomic E-state index is 12.2. The lowest BCUT2D eigenvalue weighted by atomic mass is 10.0. The van der Waals surface area contributed by atoms with Gasteiger partial charge < -0.3 is 14.4 Å². The van der Waals surface area contributed by atoms with Gasteiger partial charge in [0.1, 0.15) is 11.5 Å². The predicted molar refractivity (Wildman–Crippen MR) is 93.0 cm³/mol. The lowest BCUT2D eigenvalue weighted by Crippen LogP contribution is -2.30. The largest absolute Gasteiger partial charge is 0.496 e. The van der Waals surface area contributed by atoms with Crippen molar-refractivity contribution < 1.29 is 22.6 Å². The minimum Gasteiger partial charge on any atom is -0.496 e. The van der Waals surface area contributed by atoms with Crippen molar-refractivity contribution in [3.63, 3.8) is 0 Å². The Morgan fingerprint density at radius 2 is 1.96 bits per heavy atom. The van der Waals surface area contributed by atoms with E-state index in [1.807, 2.05) is 37.3 Å². The van der Waals surface area contributed by atoms with Gasteiger partial charge in [0.15, 0.2) is 6.61 Å². The Morgan fingerprint density at radius 1 is 1.19 bits per heavy atom. The van der Waals surface area contributed by atoms with E-state index in [1.165, 1.54) is 12.3 Å². The van der Waals surface area contributed by atoms with Crippen molar-refractivity contribution >= 4 is 11.4 Å². The number of pyridine rings is 1. The molecule has 7 heteroatoms. The van der Waals surface area contributed by atoms with Gasteiger partial charge in [0.2, 0.25) is 0 Å². The second-order valence-corrected chi connectivity index (χ2v) is 5.94. The molecule has 138 valence electrons. The summed E-state index contributed by atoms with van der Waals surface area (Å²) < 4.78 is 46.8. The number of rotatable bonds is 5. The lowest BCUT2D eigenvalue weighted by Gasteiger charge is -2.34. The molecule has 3 rings (SSSR count). The smallest absolute Gasteiger partial charge is 0.422 e. The highest BCUT2D eigenvalue weighted by Crippen LogP contribution is 2.36. The van der Waals surface area contributed by atoms with E-state index in [-0.39, 0.29) is 11.8 Å². The number of fused-ring (bicyclic) bond motifs is 1. The van der Waals surface area contributed by atoms with Gasteiger partial charge in [-0.15, -0.1) is 0 Å². The molecule has 0 bridgehead atoms. The number of benzene rings is 1. The molecule has 0 spiro atoms. The lowest BCUT2D eigenvalue weighted by molar-refractivity contribution is -0.153. The molecule has 4 nitrogen and oxygen atoms in total. The molecule has 0 aliphatic carbocycles. The van der Waals surface area contributed by atoms with E-state index in [0.717, 1.165) is 22.7 Å². The fourth-order valence-corrected chi connectivity index (χ4v) is 2.93. The average molecular weight is 364 g/mol. The van der Waals surface area contributed by atoms with Gasteiger partial charge in [0, 0.05) is 17.8 Å². The first-order valence-corrected chi connectivity index (χ1v) is 8.15. The summed E-state index contributed by atoms with van der Waals surface area (Å²) in [5.41, 5.74) is 2.77. The van der Waals surface area contributed by atoms with Crippen LogP contribution in [0.1, 0.15) is 24.2 Å². The molecule has 1 aliphatic heterocycles. The van der Waals surface area contributed by atoms with Crippen LogP contribution in [0.5, 0.6) is 5.75 Å². The third kappa shape index (κ3) is 3.92. The summed E-state index contributed by atoms with van der Waals surface area (Å²) in [6, 6.07) is 11.0. The number of anilines is 1. The van der Waals surface area contributed by atoms with Crippen LogP contribution in [0.4, 0.5) is 18.9 Å². The summed E-state index contributed by atoms with van der Waals surface area (Å²) in [4.78, 5) is 6.44. The van der Waals surface area contributed by atoms with E-state index in [1.54, 1.807) is 13.2 Å². The molecule has 0 amide bonds. The molecule has 1 aromatic carbocycles. The summed E-state index contributed by atoms with van der Waals surface area (Å²) in [6.45, 7) is 1.32. The molecule has 0 fully saturated rings. The molecule has 0 radical (unpaired) electrons. The Bertz CT molecular complexity index is 788. The van der Waals surface area contributed by atoms with Crippen molar-refractivity contribution in [3.05, 3.63) is 59.9 Å². The summed E-state index contributed by atoms with van der Waals surface area (Å²) >= 11 is 0. The molecule has 0 saturated carbocycles. The first-order chi connectivity index (χ1) is 12.4. The second kappa shape index (κ2) is 7.27. The molecule has 0 saturated heterocycles. The summed E-state index contributed by atoms with van der Waals surface area (Å²) in [6.07, 6.45) is -1.04. The van der Waals surface area contributed by atoms with Gasteiger partial charge in [-0.2, -0.15) is 13.2 Å². The molecular formula is C19H19F3N2O2. The van der Waals surface area contributed by atoms with Crippen LogP contribution in [0.2, 0.25) is 0 Å². The molecule has 1 atom stereocenters. The predicted octanol–water partition coefficient (Wildman–Crippen LogP) is 4.59. The maximum Gasteiger partial charge on any atom is 0.422 e. The molecule has 0 N–H and O–H groups in total. The van der Waals surface area contributed by atoms with E-state index in [0.29, 0.717) is 6.54 Å². The molecule has 0 unspecified atom stereocenters. The number of hydrogen-bond donors (Lipinski definition) is 0. The number of halogens is 3. The van der Waals surface area contributed by atoms with E-state index < -0.39 is 12.8 Å². The summed E-state index contributed by atoms with van der Waals surface area (Å²) in [7, 11) is 1.64. The van der Waals surface area contributed by atoms with Gasteiger partial charge in [-0.3, -0.25) is 4.98 Å². The molecule has 2 aromatic rings. The highest BCUT2D eigenvalue weighted by Gasteiger charge is 2.28. The van der Waals surface area contributed by atoms with Crippen LogP contribution in [-0.2, 0) is 4.74 Å². The van der Waals surface area contributed by atoms with Gasteiger partial charge in [0.05, 0.1) is 25.0 Å². The van der Waals surface area contributed by atoms with Crippen molar-refractivity contribution in [3.8, 4) is 5.75 Å². The van der Waals surface area contributed by atoms with Gasteiger partial charge in [-0.25, -0.2) is 0 Å². The van der Waals surface area contributed by atoms with Crippen LogP contribution in [0.25, 0.3) is 5.76 Å². The van der Waals surface area contributed by atoms with Crippen LogP contribution in [0.3, 0.4) is 0 Å². The third-order valence-corrected chi connectivity index (χ3v) is 4.23. The van der Waals surface area contributed by atoms with Crippen LogP contribution < -0.4 is 9.64 Å². The Kier molecular flexibility index (Phi) is 5.06. The van der Waals surface area contributed by atoms with Crippen LogP contribution in [0, 0.1) is 0 Å². The van der Waals surface area contributed by atoms with Crippen molar-refractivity contribution in [2.75, 3.05) is 25.2 Å². The zero-order valence-corrected chi connectivity index (χ0v) is 14.5. The Labute approximate surface area is 149 Å². The number of nitrogens with zero attached hydrogens (tertiary/aromatic N) is 2. The van der Waals surface area contributed by atoms with E-state index >= 15 is 0 Å². The summed E-state index contributed by atoms with van der Waals surface area (Å²) in [5, 5.41) is 0. The van der Waals surface area contributed by atoms with E-state index in [4.69, 9.17) is 9.47 Å². The molecule has 1 aliphatic rings. The number of hydrogen-bond acceptors (Lipinski definition) is 4. The fraction of sp³-hybridized carbons (Fsp3) is 0.316. The van der Waals surface area contributed by atoms with Gasteiger partial charge in [-0.05, 0) is 37.3 Å².